The van der Waals surface area contributed by atoms with E-state index in [9.17, 15) is 0 Å². The number of hydrogen-bond acceptors (Lipinski definition) is 3. The molecule has 0 saturated heterocycles. The van der Waals surface area contributed by atoms with E-state index in [0.717, 1.165) is 10.0 Å². The van der Waals surface area contributed by atoms with Gasteiger partial charge in [-0.2, -0.15) is 10.2 Å². The van der Waals surface area contributed by atoms with Gasteiger partial charge in [0.05, 0.1) is 17.6 Å². The maximum absolute atomic E-state index is 6.25. The lowest BCUT2D eigenvalue weighted by Crippen LogP contribution is -2.20. The highest BCUT2D eigenvalue weighted by molar-refractivity contribution is 9.10. The molecule has 2 heterocycles. The fourth-order valence-electron chi connectivity index (χ4n) is 3.02. The molecule has 2 aromatic heterocycles. The van der Waals surface area contributed by atoms with Crippen molar-refractivity contribution in [3.05, 3.63) is 93.2 Å². The van der Waals surface area contributed by atoms with Crippen LogP contribution in [0.3, 0.4) is 0 Å². The Hall–Kier alpha value is -2.68. The third-order valence-corrected chi connectivity index (χ3v) is 5.74. The summed E-state index contributed by atoms with van der Waals surface area (Å²) >= 11 is 15.2. The van der Waals surface area contributed by atoms with Gasteiger partial charge in [-0.25, -0.2) is 0 Å². The number of aryl methyl sites for hydroxylation is 1. The van der Waals surface area contributed by atoms with E-state index in [1.807, 2.05) is 47.4 Å². The molecule has 2 aromatic carbocycles. The number of nitrogens with zero attached hydrogens (tertiary/aromatic N) is 4. The molecule has 4 aromatic rings. The maximum atomic E-state index is 6.25. The molecule has 6 nitrogen and oxygen atoms in total. The highest BCUT2D eigenvalue weighted by Crippen LogP contribution is 2.23. The van der Waals surface area contributed by atoms with Gasteiger partial charge in [-0.15, -0.1) is 0 Å². The van der Waals surface area contributed by atoms with Gasteiger partial charge < -0.3 is 10.6 Å². The molecule has 0 unspecified atom stereocenters. The molecule has 0 spiro atoms. The van der Waals surface area contributed by atoms with Gasteiger partial charge in [0.25, 0.3) is 0 Å². The average molecular weight is 516 g/mol. The normalized spacial score (nSPS) is 10.8. The first-order valence-corrected chi connectivity index (χ1v) is 11.2. The summed E-state index contributed by atoms with van der Waals surface area (Å²) in [6.45, 7) is 3.33. The third kappa shape index (κ3) is 5.72. The lowest BCUT2D eigenvalue weighted by Gasteiger charge is -2.07. The second kappa shape index (κ2) is 9.64. The zero-order valence-electron chi connectivity index (χ0n) is 16.7. The van der Waals surface area contributed by atoms with E-state index < -0.39 is 0 Å². The van der Waals surface area contributed by atoms with Gasteiger partial charge in [0, 0.05) is 23.5 Å². The van der Waals surface area contributed by atoms with Crippen LogP contribution in [0.1, 0.15) is 16.7 Å². The van der Waals surface area contributed by atoms with Gasteiger partial charge in [-0.3, -0.25) is 9.36 Å². The van der Waals surface area contributed by atoms with Crippen molar-refractivity contribution in [1.29, 1.82) is 0 Å². The minimum Gasteiger partial charge on any atom is -0.316 e. The molecule has 31 heavy (non-hydrogen) atoms. The first kappa shape index (κ1) is 21.5. The molecule has 4 rings (SSSR count). The lowest BCUT2D eigenvalue weighted by atomic mass is 10.1. The van der Waals surface area contributed by atoms with Crippen LogP contribution in [0.4, 0.5) is 11.6 Å². The summed E-state index contributed by atoms with van der Waals surface area (Å²) in [6, 6.07) is 18.0. The fourth-order valence-corrected chi connectivity index (χ4v) is 3.83. The van der Waals surface area contributed by atoms with Gasteiger partial charge in [-0.05, 0) is 52.3 Å². The Balaban J connectivity index is 1.36. The zero-order chi connectivity index (χ0) is 21.8. The SMILES string of the molecule is Cc1ccc(Cn2ccc(NC(=S)Nc3nn(Cc4ccccc4Cl)cc3Br)n2)cc1. The van der Waals surface area contributed by atoms with Crippen LogP contribution in [0, 0.1) is 6.92 Å². The van der Waals surface area contributed by atoms with E-state index in [0.29, 0.717) is 34.9 Å². The second-order valence-corrected chi connectivity index (χ2v) is 8.75. The Morgan fingerprint density at radius 2 is 1.77 bits per heavy atom. The van der Waals surface area contributed by atoms with Crippen molar-refractivity contribution < 1.29 is 0 Å². The monoisotopic (exact) mass is 514 g/mol. The molecule has 0 aliphatic heterocycles. The van der Waals surface area contributed by atoms with Crippen LogP contribution in [-0.2, 0) is 13.1 Å². The van der Waals surface area contributed by atoms with E-state index in [1.54, 1.807) is 4.68 Å². The summed E-state index contributed by atoms with van der Waals surface area (Å²) in [5, 5.41) is 16.4. The summed E-state index contributed by atoms with van der Waals surface area (Å²) < 4.78 is 4.46. The predicted molar refractivity (Wildman–Crippen MR) is 133 cm³/mol. The van der Waals surface area contributed by atoms with Gasteiger partial charge in [0.2, 0.25) is 0 Å². The Labute approximate surface area is 199 Å². The van der Waals surface area contributed by atoms with Gasteiger partial charge in [0.1, 0.15) is 0 Å². The van der Waals surface area contributed by atoms with Crippen LogP contribution in [0.2, 0.25) is 5.02 Å². The third-order valence-electron chi connectivity index (χ3n) is 4.59. The van der Waals surface area contributed by atoms with Gasteiger partial charge >= 0.3 is 0 Å². The molecule has 0 saturated carbocycles. The van der Waals surface area contributed by atoms with E-state index in [1.165, 1.54) is 11.1 Å². The second-order valence-electron chi connectivity index (χ2n) is 7.08. The molecule has 0 fully saturated rings. The molecule has 0 radical (unpaired) electrons. The number of hydrogen-bond donors (Lipinski definition) is 2. The summed E-state index contributed by atoms with van der Waals surface area (Å²) in [7, 11) is 0. The van der Waals surface area contributed by atoms with Crippen LogP contribution in [0.25, 0.3) is 0 Å². The standard InChI is InChI=1S/C22H20BrClN6S/c1-15-6-8-16(9-7-15)12-29-11-10-20(27-29)25-22(31)26-21-18(23)14-30(28-21)13-17-4-2-3-5-19(17)24/h2-11,14H,12-13H2,1H3,(H2,25,26,27,28,31). The van der Waals surface area contributed by atoms with Gasteiger partial charge in [-0.1, -0.05) is 59.6 Å². The number of aromatic nitrogens is 4. The fraction of sp³-hybridized carbons (Fsp3) is 0.136. The van der Waals surface area contributed by atoms with Crippen molar-refractivity contribution in [3.8, 4) is 0 Å². The quantitative estimate of drug-likeness (QED) is 0.322. The molecular formula is C22H20BrClN6S. The minimum absolute atomic E-state index is 0.407. The molecule has 0 atom stereocenters. The van der Waals surface area contributed by atoms with E-state index >= 15 is 0 Å². The van der Waals surface area contributed by atoms with Crippen molar-refractivity contribution in [2.45, 2.75) is 20.0 Å². The average Bonchev–Trinajstić information content (AvgIpc) is 3.31. The predicted octanol–water partition coefficient (Wildman–Crippen LogP) is 5.71. The van der Waals surface area contributed by atoms with E-state index in [2.05, 4.69) is 68.0 Å². The largest absolute Gasteiger partial charge is 0.316 e. The minimum atomic E-state index is 0.407. The number of benzene rings is 2. The summed E-state index contributed by atoms with van der Waals surface area (Å²) in [5.41, 5.74) is 3.42. The number of rotatable bonds is 6. The number of halogens is 2. The lowest BCUT2D eigenvalue weighted by molar-refractivity contribution is 0.689. The van der Waals surface area contributed by atoms with E-state index in [4.69, 9.17) is 23.8 Å². The molecule has 158 valence electrons. The van der Waals surface area contributed by atoms with Crippen LogP contribution < -0.4 is 10.6 Å². The maximum Gasteiger partial charge on any atom is 0.177 e. The smallest absolute Gasteiger partial charge is 0.177 e. The first-order valence-electron chi connectivity index (χ1n) is 9.59. The Morgan fingerprint density at radius 1 is 1.00 bits per heavy atom. The molecule has 0 bridgehead atoms. The highest BCUT2D eigenvalue weighted by Gasteiger charge is 2.11. The number of anilines is 2. The van der Waals surface area contributed by atoms with Crippen molar-refractivity contribution >= 4 is 56.5 Å². The molecule has 0 aliphatic rings. The summed E-state index contributed by atoms with van der Waals surface area (Å²) in [4.78, 5) is 0. The van der Waals surface area contributed by atoms with Crippen molar-refractivity contribution in [3.63, 3.8) is 0 Å². The van der Waals surface area contributed by atoms with Crippen molar-refractivity contribution in [1.82, 2.24) is 19.6 Å². The molecule has 2 N–H and O–H groups in total. The van der Waals surface area contributed by atoms with Crippen molar-refractivity contribution in [2.24, 2.45) is 0 Å². The molecular weight excluding hydrogens is 496 g/mol. The molecule has 0 aliphatic carbocycles. The number of thiocarbonyl (C=S) groups is 1. The number of nitrogens with one attached hydrogen (secondary N) is 2. The topological polar surface area (TPSA) is 59.7 Å². The summed E-state index contributed by atoms with van der Waals surface area (Å²) in [5.74, 6) is 1.28. The Bertz CT molecular complexity index is 1200. The molecule has 9 heteroatoms. The van der Waals surface area contributed by atoms with Crippen LogP contribution >= 0.6 is 39.7 Å². The Morgan fingerprint density at radius 3 is 2.55 bits per heavy atom. The van der Waals surface area contributed by atoms with Gasteiger partial charge in [0.15, 0.2) is 16.7 Å². The van der Waals surface area contributed by atoms with E-state index in [-0.39, 0.29) is 0 Å². The first-order chi connectivity index (χ1) is 15.0. The zero-order valence-corrected chi connectivity index (χ0v) is 19.9. The van der Waals surface area contributed by atoms with Crippen LogP contribution in [0.15, 0.2) is 71.5 Å². The Kier molecular flexibility index (Phi) is 6.70. The van der Waals surface area contributed by atoms with Crippen LogP contribution in [0.5, 0.6) is 0 Å². The summed E-state index contributed by atoms with van der Waals surface area (Å²) in [6.07, 6.45) is 3.80. The van der Waals surface area contributed by atoms with Crippen molar-refractivity contribution in [2.75, 3.05) is 10.6 Å². The molecule has 0 amide bonds. The van der Waals surface area contributed by atoms with Crippen LogP contribution in [-0.4, -0.2) is 24.7 Å². The highest BCUT2D eigenvalue weighted by atomic mass is 79.9.